The third kappa shape index (κ3) is 4.29. The Labute approximate surface area is 132 Å². The topological polar surface area (TPSA) is 66.8 Å². The minimum absolute atomic E-state index is 0.00215. The molecular formula is C17H16FNO4. The Kier molecular flexibility index (Phi) is 5.30. The van der Waals surface area contributed by atoms with E-state index in [1.165, 1.54) is 25.1 Å². The van der Waals surface area contributed by atoms with Crippen molar-refractivity contribution in [3.8, 4) is 0 Å². The Morgan fingerprint density at radius 1 is 1.17 bits per heavy atom. The molecule has 0 fully saturated rings. The van der Waals surface area contributed by atoms with Gasteiger partial charge in [0.25, 0.3) is 0 Å². The molecule has 0 radical (unpaired) electrons. The average Bonchev–Trinajstić information content (AvgIpc) is 2.54. The molecule has 0 aromatic heterocycles. The first-order chi connectivity index (χ1) is 11.0. The smallest absolute Gasteiger partial charge is 0.415 e. The molecule has 2 rings (SSSR count). The molecule has 5 nitrogen and oxygen atoms in total. The number of hydrogen-bond donors (Lipinski definition) is 1. The van der Waals surface area contributed by atoms with Crippen LogP contribution in [0.25, 0.3) is 0 Å². The van der Waals surface area contributed by atoms with Crippen molar-refractivity contribution in [2.75, 3.05) is 4.90 Å². The lowest BCUT2D eigenvalue weighted by atomic mass is 10.2. The highest BCUT2D eigenvalue weighted by Gasteiger charge is 2.28. The molecule has 1 atom stereocenters. The molecule has 0 aliphatic rings. The minimum atomic E-state index is -1.22. The lowest BCUT2D eigenvalue weighted by Gasteiger charge is -2.25. The minimum Gasteiger partial charge on any atom is -0.480 e. The predicted molar refractivity (Wildman–Crippen MR) is 82.6 cm³/mol. The summed E-state index contributed by atoms with van der Waals surface area (Å²) in [6.07, 6.45) is -0.852. The van der Waals surface area contributed by atoms with Crippen LogP contribution in [-0.2, 0) is 16.1 Å². The summed E-state index contributed by atoms with van der Waals surface area (Å²) in [4.78, 5) is 24.4. The number of carboxylic acids is 1. The number of halogens is 1. The fourth-order valence-electron chi connectivity index (χ4n) is 2.01. The summed E-state index contributed by atoms with van der Waals surface area (Å²) >= 11 is 0. The molecule has 0 saturated heterocycles. The van der Waals surface area contributed by atoms with Gasteiger partial charge in [-0.3, -0.25) is 4.90 Å². The van der Waals surface area contributed by atoms with Crippen LogP contribution in [0.5, 0.6) is 0 Å². The van der Waals surface area contributed by atoms with E-state index in [4.69, 9.17) is 4.74 Å². The maximum Gasteiger partial charge on any atom is 0.415 e. The van der Waals surface area contributed by atoms with Gasteiger partial charge in [0.2, 0.25) is 0 Å². The van der Waals surface area contributed by atoms with Crippen LogP contribution in [0, 0.1) is 5.82 Å². The van der Waals surface area contributed by atoms with Crippen LogP contribution >= 0.6 is 0 Å². The van der Waals surface area contributed by atoms with E-state index in [1.807, 2.05) is 6.07 Å². The van der Waals surface area contributed by atoms with Crippen LogP contribution in [0.4, 0.5) is 14.9 Å². The number of ether oxygens (including phenoxy) is 1. The van der Waals surface area contributed by atoms with Gasteiger partial charge in [-0.1, -0.05) is 36.4 Å². The van der Waals surface area contributed by atoms with Crippen molar-refractivity contribution in [3.05, 3.63) is 66.0 Å². The number of rotatable bonds is 5. The number of aliphatic carboxylic acids is 1. The number of carbonyl (C=O) groups excluding carboxylic acids is 1. The summed E-state index contributed by atoms with van der Waals surface area (Å²) in [7, 11) is 0. The number of benzene rings is 2. The average molecular weight is 317 g/mol. The number of nitrogens with zero attached hydrogens (tertiary/aromatic N) is 1. The monoisotopic (exact) mass is 317 g/mol. The van der Waals surface area contributed by atoms with Gasteiger partial charge in [0.1, 0.15) is 18.5 Å². The van der Waals surface area contributed by atoms with Crippen molar-refractivity contribution < 1.29 is 23.8 Å². The highest BCUT2D eigenvalue weighted by molar-refractivity contribution is 5.94. The second kappa shape index (κ2) is 7.40. The van der Waals surface area contributed by atoms with E-state index < -0.39 is 23.9 Å². The standard InChI is InChI=1S/C17H16FNO4/c1-12(16(20)21)19(15-9-5-8-14(18)10-15)17(22)23-11-13-6-3-2-4-7-13/h2-10,12H,11H2,1H3,(H,20,21)/t12-/m0/s1. The summed E-state index contributed by atoms with van der Waals surface area (Å²) in [6.45, 7) is 1.33. The lowest BCUT2D eigenvalue weighted by Crippen LogP contribution is -2.43. The van der Waals surface area contributed by atoms with E-state index in [1.54, 1.807) is 24.3 Å². The molecule has 0 bridgehead atoms. The highest BCUT2D eigenvalue weighted by atomic mass is 19.1. The first-order valence-corrected chi connectivity index (χ1v) is 6.97. The summed E-state index contributed by atoms with van der Waals surface area (Å²) in [6, 6.07) is 12.9. The third-order valence-electron chi connectivity index (χ3n) is 3.23. The second-order valence-corrected chi connectivity index (χ2v) is 4.90. The zero-order valence-corrected chi connectivity index (χ0v) is 12.5. The molecule has 120 valence electrons. The van der Waals surface area contributed by atoms with Crippen LogP contribution in [0.15, 0.2) is 54.6 Å². The molecule has 0 unspecified atom stereocenters. The molecule has 0 saturated carbocycles. The van der Waals surface area contributed by atoms with Crippen molar-refractivity contribution in [1.82, 2.24) is 0 Å². The lowest BCUT2D eigenvalue weighted by molar-refractivity contribution is -0.138. The van der Waals surface area contributed by atoms with E-state index in [2.05, 4.69) is 0 Å². The summed E-state index contributed by atoms with van der Waals surface area (Å²) in [5.74, 6) is -1.79. The summed E-state index contributed by atoms with van der Waals surface area (Å²) in [5, 5.41) is 9.17. The first-order valence-electron chi connectivity index (χ1n) is 6.97. The molecular weight excluding hydrogens is 301 g/mol. The van der Waals surface area contributed by atoms with E-state index in [-0.39, 0.29) is 12.3 Å². The highest BCUT2D eigenvalue weighted by Crippen LogP contribution is 2.20. The van der Waals surface area contributed by atoms with Crippen molar-refractivity contribution in [2.24, 2.45) is 0 Å². The fraction of sp³-hybridized carbons (Fsp3) is 0.176. The first kappa shape index (κ1) is 16.5. The number of carboxylic acid groups (broad SMARTS) is 1. The van der Waals surface area contributed by atoms with Crippen molar-refractivity contribution in [2.45, 2.75) is 19.6 Å². The fourth-order valence-corrected chi connectivity index (χ4v) is 2.01. The zero-order valence-electron chi connectivity index (χ0n) is 12.5. The third-order valence-corrected chi connectivity index (χ3v) is 3.23. The molecule has 0 heterocycles. The van der Waals surface area contributed by atoms with E-state index in [9.17, 15) is 19.1 Å². The Hall–Kier alpha value is -2.89. The van der Waals surface area contributed by atoms with Crippen LogP contribution in [-0.4, -0.2) is 23.2 Å². The molecule has 0 aliphatic heterocycles. The van der Waals surface area contributed by atoms with Crippen molar-refractivity contribution in [3.63, 3.8) is 0 Å². The second-order valence-electron chi connectivity index (χ2n) is 4.90. The maximum absolute atomic E-state index is 13.4. The van der Waals surface area contributed by atoms with Gasteiger partial charge in [-0.05, 0) is 30.7 Å². The molecule has 1 amide bonds. The Balaban J connectivity index is 2.19. The van der Waals surface area contributed by atoms with Gasteiger partial charge in [-0.25, -0.2) is 14.0 Å². The van der Waals surface area contributed by atoms with Gasteiger partial charge in [-0.2, -0.15) is 0 Å². The molecule has 23 heavy (non-hydrogen) atoms. The Morgan fingerprint density at radius 2 is 1.87 bits per heavy atom. The summed E-state index contributed by atoms with van der Waals surface area (Å²) < 4.78 is 18.5. The maximum atomic E-state index is 13.4. The van der Waals surface area contributed by atoms with Gasteiger partial charge in [-0.15, -0.1) is 0 Å². The number of anilines is 1. The van der Waals surface area contributed by atoms with Crippen molar-refractivity contribution in [1.29, 1.82) is 0 Å². The number of amides is 1. The summed E-state index contributed by atoms with van der Waals surface area (Å²) in [5.41, 5.74) is 0.890. The van der Waals surface area contributed by atoms with Crippen LogP contribution in [0.1, 0.15) is 12.5 Å². The van der Waals surface area contributed by atoms with Gasteiger partial charge >= 0.3 is 12.1 Å². The van der Waals surface area contributed by atoms with E-state index >= 15 is 0 Å². The molecule has 1 N–H and O–H groups in total. The number of carbonyl (C=O) groups is 2. The molecule has 2 aromatic carbocycles. The predicted octanol–water partition coefficient (Wildman–Crippen LogP) is 3.44. The molecule has 2 aromatic rings. The van der Waals surface area contributed by atoms with E-state index in [0.717, 1.165) is 16.5 Å². The van der Waals surface area contributed by atoms with E-state index in [0.29, 0.717) is 0 Å². The Bertz CT molecular complexity index is 690. The molecule has 0 spiro atoms. The van der Waals surface area contributed by atoms with Crippen molar-refractivity contribution >= 4 is 17.7 Å². The quantitative estimate of drug-likeness (QED) is 0.917. The Morgan fingerprint density at radius 3 is 2.48 bits per heavy atom. The zero-order chi connectivity index (χ0) is 16.8. The largest absolute Gasteiger partial charge is 0.480 e. The normalized spacial score (nSPS) is 11.6. The van der Waals surface area contributed by atoms with Crippen LogP contribution in [0.3, 0.4) is 0 Å². The van der Waals surface area contributed by atoms with Gasteiger partial charge in [0.05, 0.1) is 5.69 Å². The SMILES string of the molecule is C[C@@H](C(=O)O)N(C(=O)OCc1ccccc1)c1cccc(F)c1. The van der Waals surface area contributed by atoms with Gasteiger partial charge in [0.15, 0.2) is 0 Å². The van der Waals surface area contributed by atoms with Crippen LogP contribution < -0.4 is 4.90 Å². The number of hydrogen-bond acceptors (Lipinski definition) is 3. The molecule has 6 heteroatoms. The van der Waals surface area contributed by atoms with Gasteiger partial charge in [0, 0.05) is 0 Å². The van der Waals surface area contributed by atoms with Crippen LogP contribution in [0.2, 0.25) is 0 Å². The van der Waals surface area contributed by atoms with Gasteiger partial charge < -0.3 is 9.84 Å². The molecule has 0 aliphatic carbocycles.